The van der Waals surface area contributed by atoms with Crippen LogP contribution in [0.3, 0.4) is 0 Å². The van der Waals surface area contributed by atoms with Gasteiger partial charge in [-0.3, -0.25) is 9.59 Å². The molecule has 2 amide bonds. The molecule has 124 valence electrons. The van der Waals surface area contributed by atoms with E-state index in [1.807, 2.05) is 0 Å². The highest BCUT2D eigenvalue weighted by Crippen LogP contribution is 2.14. The molecule has 0 spiro atoms. The fraction of sp³-hybridized carbons (Fsp3) is 0.308. The summed E-state index contributed by atoms with van der Waals surface area (Å²) in [6, 6.07) is 4.61. The number of carbonyl (C=O) groups excluding carboxylic acids is 3. The van der Waals surface area contributed by atoms with Gasteiger partial charge in [0.05, 0.1) is 4.90 Å². The van der Waals surface area contributed by atoms with E-state index >= 15 is 0 Å². The summed E-state index contributed by atoms with van der Waals surface area (Å²) in [5, 5.41) is 9.80. The first-order chi connectivity index (χ1) is 10.8. The highest BCUT2D eigenvalue weighted by atomic mass is 32.2. The van der Waals surface area contributed by atoms with Gasteiger partial charge in [-0.1, -0.05) is 6.07 Å². The van der Waals surface area contributed by atoms with Crippen molar-refractivity contribution in [3.63, 3.8) is 0 Å². The topological polar surface area (TPSA) is 145 Å². The standard InChI is InChI=1S/C13H15N3O6S/c14-23(20,21)9-3-1-2-8(6-9)15-12(18)7-22-13(19)10-4-5-11(17)16-10/h1-3,6,10H,4-5,7H2,(H,15,18)(H,16,17)(H2,14,20,21)/t10-/m1/s1. The molecule has 0 bridgehead atoms. The molecule has 1 aliphatic rings. The maximum atomic E-state index is 11.7. The molecule has 1 aromatic carbocycles. The summed E-state index contributed by atoms with van der Waals surface area (Å²) in [5.74, 6) is -1.57. The molecule has 2 rings (SSSR count). The molecule has 1 aliphatic heterocycles. The van der Waals surface area contributed by atoms with E-state index in [2.05, 4.69) is 10.6 Å². The van der Waals surface area contributed by atoms with Crippen LogP contribution >= 0.6 is 0 Å². The van der Waals surface area contributed by atoms with Crippen molar-refractivity contribution in [2.24, 2.45) is 5.14 Å². The van der Waals surface area contributed by atoms with E-state index in [-0.39, 0.29) is 22.9 Å². The van der Waals surface area contributed by atoms with E-state index in [1.165, 1.54) is 24.3 Å². The molecule has 1 aromatic rings. The summed E-state index contributed by atoms with van der Waals surface area (Å²) in [6.07, 6.45) is 0.571. The van der Waals surface area contributed by atoms with E-state index in [4.69, 9.17) is 9.88 Å². The molecule has 10 heteroatoms. The first-order valence-electron chi connectivity index (χ1n) is 6.64. The Balaban J connectivity index is 1.88. The summed E-state index contributed by atoms with van der Waals surface area (Å²) in [4.78, 5) is 34.2. The second-order valence-corrected chi connectivity index (χ2v) is 6.45. The van der Waals surface area contributed by atoms with Gasteiger partial charge in [0.2, 0.25) is 15.9 Å². The smallest absolute Gasteiger partial charge is 0.329 e. The van der Waals surface area contributed by atoms with Gasteiger partial charge in [0.1, 0.15) is 6.04 Å². The zero-order valence-corrected chi connectivity index (χ0v) is 12.8. The van der Waals surface area contributed by atoms with E-state index in [1.54, 1.807) is 0 Å². The summed E-state index contributed by atoms with van der Waals surface area (Å²) >= 11 is 0. The Kier molecular flexibility index (Phi) is 4.96. The number of amides is 2. The third-order valence-electron chi connectivity index (χ3n) is 3.07. The van der Waals surface area contributed by atoms with Crippen LogP contribution in [0.25, 0.3) is 0 Å². The van der Waals surface area contributed by atoms with Crippen molar-refractivity contribution in [3.05, 3.63) is 24.3 Å². The lowest BCUT2D eigenvalue weighted by molar-refractivity contribution is -0.149. The minimum Gasteiger partial charge on any atom is -0.454 e. The Morgan fingerprint density at radius 2 is 2.13 bits per heavy atom. The minimum absolute atomic E-state index is 0.152. The zero-order chi connectivity index (χ0) is 17.0. The first kappa shape index (κ1) is 16.9. The quantitative estimate of drug-likeness (QED) is 0.592. The highest BCUT2D eigenvalue weighted by Gasteiger charge is 2.28. The number of esters is 1. The van der Waals surface area contributed by atoms with Gasteiger partial charge in [0.15, 0.2) is 6.61 Å². The number of ether oxygens (including phenoxy) is 1. The zero-order valence-electron chi connectivity index (χ0n) is 11.9. The predicted molar refractivity (Wildman–Crippen MR) is 78.6 cm³/mol. The molecule has 1 atom stereocenters. The molecule has 0 aliphatic carbocycles. The van der Waals surface area contributed by atoms with Crippen LogP contribution in [0.4, 0.5) is 5.69 Å². The Labute approximate surface area is 132 Å². The molecular formula is C13H15N3O6S. The van der Waals surface area contributed by atoms with Crippen LogP contribution < -0.4 is 15.8 Å². The van der Waals surface area contributed by atoms with Crippen LogP contribution in [0.15, 0.2) is 29.2 Å². The largest absolute Gasteiger partial charge is 0.454 e. The normalized spacial score (nSPS) is 17.4. The van der Waals surface area contributed by atoms with Crippen molar-refractivity contribution in [2.75, 3.05) is 11.9 Å². The van der Waals surface area contributed by atoms with Crippen LogP contribution in [-0.2, 0) is 29.1 Å². The Bertz CT molecular complexity index is 746. The summed E-state index contributed by atoms with van der Waals surface area (Å²) in [6.45, 7) is -0.551. The van der Waals surface area contributed by atoms with E-state index < -0.39 is 34.5 Å². The fourth-order valence-corrected chi connectivity index (χ4v) is 2.54. The van der Waals surface area contributed by atoms with Crippen molar-refractivity contribution in [3.8, 4) is 0 Å². The average molecular weight is 341 g/mol. The second-order valence-electron chi connectivity index (χ2n) is 4.89. The van der Waals surface area contributed by atoms with Crippen molar-refractivity contribution in [1.82, 2.24) is 5.32 Å². The lowest BCUT2D eigenvalue weighted by atomic mass is 10.2. The van der Waals surface area contributed by atoms with Crippen LogP contribution in [0.1, 0.15) is 12.8 Å². The number of carbonyl (C=O) groups is 3. The Morgan fingerprint density at radius 3 is 2.74 bits per heavy atom. The molecule has 1 heterocycles. The number of benzene rings is 1. The van der Waals surface area contributed by atoms with Crippen LogP contribution in [0, 0.1) is 0 Å². The highest BCUT2D eigenvalue weighted by molar-refractivity contribution is 7.89. The van der Waals surface area contributed by atoms with Gasteiger partial charge in [0.25, 0.3) is 5.91 Å². The van der Waals surface area contributed by atoms with Crippen LogP contribution in [0.5, 0.6) is 0 Å². The molecule has 1 fully saturated rings. The molecule has 9 nitrogen and oxygen atoms in total. The molecule has 4 N–H and O–H groups in total. The SMILES string of the molecule is NS(=O)(=O)c1cccc(NC(=O)COC(=O)[C@H]2CCC(=O)N2)c1. The summed E-state index contributed by atoms with van der Waals surface area (Å²) in [7, 11) is -3.88. The number of hydrogen-bond acceptors (Lipinski definition) is 6. The van der Waals surface area contributed by atoms with Crippen molar-refractivity contribution in [1.29, 1.82) is 0 Å². The summed E-state index contributed by atoms with van der Waals surface area (Å²) < 4.78 is 27.2. The number of nitrogens with two attached hydrogens (primary N) is 1. The average Bonchev–Trinajstić information content (AvgIpc) is 2.91. The van der Waals surface area contributed by atoms with Gasteiger partial charge in [-0.05, 0) is 24.6 Å². The number of rotatable bonds is 5. The molecule has 0 unspecified atom stereocenters. The Morgan fingerprint density at radius 1 is 1.39 bits per heavy atom. The Hall–Kier alpha value is -2.46. The molecule has 1 saturated heterocycles. The van der Waals surface area contributed by atoms with Gasteiger partial charge in [-0.2, -0.15) is 0 Å². The number of primary sulfonamides is 1. The summed E-state index contributed by atoms with van der Waals surface area (Å²) in [5.41, 5.74) is 0.201. The van der Waals surface area contributed by atoms with Gasteiger partial charge < -0.3 is 15.4 Å². The number of sulfonamides is 1. The van der Waals surface area contributed by atoms with E-state index in [0.717, 1.165) is 0 Å². The van der Waals surface area contributed by atoms with Gasteiger partial charge in [-0.15, -0.1) is 0 Å². The molecule has 0 radical (unpaired) electrons. The lowest BCUT2D eigenvalue weighted by Gasteiger charge is -2.10. The molecule has 0 aromatic heterocycles. The van der Waals surface area contributed by atoms with Crippen molar-refractivity contribution < 1.29 is 27.5 Å². The second kappa shape index (κ2) is 6.75. The number of nitrogens with one attached hydrogen (secondary N) is 2. The van der Waals surface area contributed by atoms with Crippen molar-refractivity contribution >= 4 is 33.5 Å². The third kappa shape index (κ3) is 4.76. The van der Waals surface area contributed by atoms with Crippen LogP contribution in [0.2, 0.25) is 0 Å². The van der Waals surface area contributed by atoms with Gasteiger partial charge >= 0.3 is 5.97 Å². The molecule has 23 heavy (non-hydrogen) atoms. The van der Waals surface area contributed by atoms with Gasteiger partial charge in [-0.25, -0.2) is 18.4 Å². The van der Waals surface area contributed by atoms with Gasteiger partial charge in [0, 0.05) is 12.1 Å². The minimum atomic E-state index is -3.88. The predicted octanol–water partition coefficient (Wildman–Crippen LogP) is -0.906. The van der Waals surface area contributed by atoms with Crippen LogP contribution in [-0.4, -0.2) is 38.9 Å². The first-order valence-corrected chi connectivity index (χ1v) is 8.19. The van der Waals surface area contributed by atoms with E-state index in [9.17, 15) is 22.8 Å². The third-order valence-corrected chi connectivity index (χ3v) is 3.98. The van der Waals surface area contributed by atoms with Crippen molar-refractivity contribution in [2.45, 2.75) is 23.8 Å². The van der Waals surface area contributed by atoms with E-state index in [0.29, 0.717) is 6.42 Å². The molecule has 0 saturated carbocycles. The number of anilines is 1. The monoisotopic (exact) mass is 341 g/mol. The number of hydrogen-bond donors (Lipinski definition) is 3. The lowest BCUT2D eigenvalue weighted by Crippen LogP contribution is -2.36. The maximum Gasteiger partial charge on any atom is 0.329 e. The fourth-order valence-electron chi connectivity index (χ4n) is 1.98. The molecular weight excluding hydrogens is 326 g/mol. The maximum absolute atomic E-state index is 11.7.